The number of nitrogens with one attached hydrogen (secondary N) is 1. The Kier molecular flexibility index (Phi) is 9.19. The highest BCUT2D eigenvalue weighted by atomic mass is 127. The standard InChI is InChI=1S/C27H22IN3O7S/c1-2-37-23-13-18(5-12-22(23)38-16-17-3-10-21(11-4-17)31(35)36)14-24-26(33)30(27(34)39-24)15-25(32)29-20-8-6-19(28)7-9-20/h3-14H,2,15-16H2,1H3,(H,29,32)/b24-14-. The molecule has 39 heavy (non-hydrogen) atoms. The molecule has 1 aliphatic heterocycles. The Morgan fingerprint density at radius 1 is 1.05 bits per heavy atom. The number of ether oxygens (including phenoxy) is 2. The van der Waals surface area contributed by atoms with Gasteiger partial charge in [0, 0.05) is 21.4 Å². The van der Waals surface area contributed by atoms with Crippen molar-refractivity contribution in [3.63, 3.8) is 0 Å². The Labute approximate surface area is 241 Å². The van der Waals surface area contributed by atoms with Crippen LogP contribution in [0.25, 0.3) is 6.08 Å². The maximum absolute atomic E-state index is 12.9. The first kappa shape index (κ1) is 28.1. The summed E-state index contributed by atoms with van der Waals surface area (Å²) < 4.78 is 12.6. The maximum Gasteiger partial charge on any atom is 0.294 e. The predicted molar refractivity (Wildman–Crippen MR) is 156 cm³/mol. The van der Waals surface area contributed by atoms with E-state index in [1.54, 1.807) is 48.5 Å². The number of hydrogen-bond acceptors (Lipinski definition) is 8. The van der Waals surface area contributed by atoms with Crippen LogP contribution in [0, 0.1) is 13.7 Å². The zero-order chi connectivity index (χ0) is 27.9. The molecule has 0 radical (unpaired) electrons. The third-order valence-corrected chi connectivity index (χ3v) is 7.04. The molecule has 3 aromatic rings. The lowest BCUT2D eigenvalue weighted by Crippen LogP contribution is -2.36. The lowest BCUT2D eigenvalue weighted by Gasteiger charge is -2.13. The van der Waals surface area contributed by atoms with Crippen molar-refractivity contribution in [2.75, 3.05) is 18.5 Å². The fourth-order valence-corrected chi connectivity index (χ4v) is 4.74. The second-order valence-electron chi connectivity index (χ2n) is 8.17. The predicted octanol–water partition coefficient (Wildman–Crippen LogP) is 5.85. The molecular weight excluding hydrogens is 637 g/mol. The maximum atomic E-state index is 12.9. The van der Waals surface area contributed by atoms with E-state index in [1.807, 2.05) is 19.1 Å². The van der Waals surface area contributed by atoms with E-state index in [4.69, 9.17) is 9.47 Å². The summed E-state index contributed by atoms with van der Waals surface area (Å²) in [5.74, 6) is -0.149. The average molecular weight is 659 g/mol. The zero-order valence-electron chi connectivity index (χ0n) is 20.6. The number of carbonyl (C=O) groups is 3. The minimum atomic E-state index is -0.556. The topological polar surface area (TPSA) is 128 Å². The second-order valence-corrected chi connectivity index (χ2v) is 10.4. The molecule has 0 bridgehead atoms. The van der Waals surface area contributed by atoms with E-state index in [0.29, 0.717) is 29.4 Å². The third kappa shape index (κ3) is 7.35. The molecule has 0 saturated carbocycles. The molecule has 0 unspecified atom stereocenters. The number of halogens is 1. The Hall–Kier alpha value is -3.91. The highest BCUT2D eigenvalue weighted by Gasteiger charge is 2.36. The summed E-state index contributed by atoms with van der Waals surface area (Å²) in [6, 6.07) is 18.3. The summed E-state index contributed by atoms with van der Waals surface area (Å²) in [6.45, 7) is 1.96. The van der Waals surface area contributed by atoms with Gasteiger partial charge in [0.25, 0.3) is 16.8 Å². The van der Waals surface area contributed by atoms with Crippen LogP contribution in [0.5, 0.6) is 11.5 Å². The van der Waals surface area contributed by atoms with Gasteiger partial charge < -0.3 is 14.8 Å². The van der Waals surface area contributed by atoms with Crippen molar-refractivity contribution in [1.29, 1.82) is 0 Å². The van der Waals surface area contributed by atoms with Crippen LogP contribution in [0.2, 0.25) is 0 Å². The van der Waals surface area contributed by atoms with Gasteiger partial charge in [-0.05, 0) is 107 Å². The summed E-state index contributed by atoms with van der Waals surface area (Å²) in [7, 11) is 0. The zero-order valence-corrected chi connectivity index (χ0v) is 23.6. The lowest BCUT2D eigenvalue weighted by molar-refractivity contribution is -0.384. The van der Waals surface area contributed by atoms with E-state index >= 15 is 0 Å². The number of amides is 3. The number of nitrogens with zero attached hydrogens (tertiary/aromatic N) is 2. The molecule has 10 nitrogen and oxygen atoms in total. The molecule has 1 aliphatic rings. The van der Waals surface area contributed by atoms with E-state index in [2.05, 4.69) is 27.9 Å². The Morgan fingerprint density at radius 2 is 1.77 bits per heavy atom. The molecule has 200 valence electrons. The molecule has 4 rings (SSSR count). The van der Waals surface area contributed by atoms with Crippen LogP contribution in [0.15, 0.2) is 71.6 Å². The Bertz CT molecular complexity index is 1440. The number of imide groups is 1. The van der Waals surface area contributed by atoms with Gasteiger partial charge in [-0.3, -0.25) is 29.4 Å². The van der Waals surface area contributed by atoms with Gasteiger partial charge in [-0.15, -0.1) is 0 Å². The van der Waals surface area contributed by atoms with E-state index < -0.39 is 28.5 Å². The molecule has 0 atom stereocenters. The summed E-state index contributed by atoms with van der Waals surface area (Å²) in [5, 5.41) is 13.0. The fourth-order valence-electron chi connectivity index (χ4n) is 3.54. The van der Waals surface area contributed by atoms with Gasteiger partial charge in [-0.25, -0.2) is 0 Å². The number of hydrogen-bond donors (Lipinski definition) is 1. The molecule has 0 spiro atoms. The van der Waals surface area contributed by atoms with Gasteiger partial charge in [0.1, 0.15) is 13.2 Å². The number of carbonyl (C=O) groups excluding carboxylic acids is 3. The van der Waals surface area contributed by atoms with Crippen molar-refractivity contribution in [3.8, 4) is 11.5 Å². The molecule has 3 amide bonds. The van der Waals surface area contributed by atoms with Crippen molar-refractivity contribution in [3.05, 3.63) is 96.4 Å². The van der Waals surface area contributed by atoms with Gasteiger partial charge in [-0.2, -0.15) is 0 Å². The third-order valence-electron chi connectivity index (χ3n) is 5.41. The number of non-ortho nitro benzene ring substituents is 1. The summed E-state index contributed by atoms with van der Waals surface area (Å²) in [4.78, 5) is 49.3. The smallest absolute Gasteiger partial charge is 0.294 e. The van der Waals surface area contributed by atoms with Crippen LogP contribution >= 0.6 is 34.4 Å². The highest BCUT2D eigenvalue weighted by Crippen LogP contribution is 2.35. The van der Waals surface area contributed by atoms with Crippen molar-refractivity contribution < 1.29 is 28.8 Å². The molecule has 0 aliphatic carbocycles. The summed E-state index contributed by atoms with van der Waals surface area (Å²) in [5.41, 5.74) is 1.92. The van der Waals surface area contributed by atoms with E-state index in [1.165, 1.54) is 12.1 Å². The highest BCUT2D eigenvalue weighted by molar-refractivity contribution is 14.1. The molecule has 1 fully saturated rings. The van der Waals surface area contributed by atoms with Gasteiger partial charge in [0.2, 0.25) is 5.91 Å². The number of anilines is 1. The first-order valence-corrected chi connectivity index (χ1v) is 13.6. The van der Waals surface area contributed by atoms with Crippen LogP contribution < -0.4 is 14.8 Å². The van der Waals surface area contributed by atoms with Crippen LogP contribution in [-0.2, 0) is 16.2 Å². The Morgan fingerprint density at radius 3 is 2.44 bits per heavy atom. The molecular formula is C27H22IN3O7S. The number of thioether (sulfide) groups is 1. The Balaban J connectivity index is 1.43. The number of nitro groups is 1. The number of rotatable bonds is 10. The van der Waals surface area contributed by atoms with Gasteiger partial charge in [-0.1, -0.05) is 6.07 Å². The van der Waals surface area contributed by atoms with Gasteiger partial charge in [0.05, 0.1) is 16.4 Å². The molecule has 0 aromatic heterocycles. The van der Waals surface area contributed by atoms with E-state index in [0.717, 1.165) is 25.8 Å². The van der Waals surface area contributed by atoms with Crippen LogP contribution in [-0.4, -0.2) is 40.0 Å². The molecule has 1 saturated heterocycles. The fraction of sp³-hybridized carbons (Fsp3) is 0.148. The molecule has 1 heterocycles. The lowest BCUT2D eigenvalue weighted by atomic mass is 10.1. The first-order chi connectivity index (χ1) is 18.7. The average Bonchev–Trinajstić information content (AvgIpc) is 3.17. The largest absolute Gasteiger partial charge is 0.490 e. The van der Waals surface area contributed by atoms with E-state index in [-0.39, 0.29) is 17.2 Å². The van der Waals surface area contributed by atoms with Gasteiger partial charge >= 0.3 is 0 Å². The normalized spacial score (nSPS) is 14.0. The molecule has 3 aromatic carbocycles. The minimum Gasteiger partial charge on any atom is -0.490 e. The SMILES string of the molecule is CCOc1cc(/C=C2\SC(=O)N(CC(=O)Nc3ccc(I)cc3)C2=O)ccc1OCc1ccc([N+](=O)[O-])cc1. The summed E-state index contributed by atoms with van der Waals surface area (Å²) >= 11 is 2.91. The van der Waals surface area contributed by atoms with Gasteiger partial charge in [0.15, 0.2) is 11.5 Å². The quantitative estimate of drug-likeness (QED) is 0.124. The summed E-state index contributed by atoms with van der Waals surface area (Å²) in [6.07, 6.45) is 1.56. The van der Waals surface area contributed by atoms with Crippen LogP contribution in [0.1, 0.15) is 18.1 Å². The monoisotopic (exact) mass is 659 g/mol. The van der Waals surface area contributed by atoms with Crippen molar-refractivity contribution >= 4 is 68.9 Å². The second kappa shape index (κ2) is 12.8. The van der Waals surface area contributed by atoms with Crippen LogP contribution in [0.3, 0.4) is 0 Å². The number of nitro benzene ring substituents is 1. The van der Waals surface area contributed by atoms with E-state index in [9.17, 15) is 24.5 Å². The van der Waals surface area contributed by atoms with Crippen LogP contribution in [0.4, 0.5) is 16.2 Å². The van der Waals surface area contributed by atoms with Crippen molar-refractivity contribution in [2.24, 2.45) is 0 Å². The van der Waals surface area contributed by atoms with Crippen molar-refractivity contribution in [1.82, 2.24) is 4.90 Å². The number of benzene rings is 3. The molecule has 1 N–H and O–H groups in total. The molecule has 12 heteroatoms. The minimum absolute atomic E-state index is 0.00542. The first-order valence-electron chi connectivity index (χ1n) is 11.7. The van der Waals surface area contributed by atoms with Crippen molar-refractivity contribution in [2.45, 2.75) is 13.5 Å².